The molecule has 0 radical (unpaired) electrons. The Bertz CT molecular complexity index is 675. The summed E-state index contributed by atoms with van der Waals surface area (Å²) in [7, 11) is 0. The lowest BCUT2D eigenvalue weighted by Crippen LogP contribution is -2.45. The van der Waals surface area contributed by atoms with E-state index in [-0.39, 0.29) is 11.8 Å². The van der Waals surface area contributed by atoms with Crippen molar-refractivity contribution in [2.24, 2.45) is 17.8 Å². The van der Waals surface area contributed by atoms with Gasteiger partial charge in [0.2, 0.25) is 11.8 Å². The fourth-order valence-corrected chi connectivity index (χ4v) is 5.66. The van der Waals surface area contributed by atoms with Crippen LogP contribution in [0.2, 0.25) is 0 Å². The van der Waals surface area contributed by atoms with Gasteiger partial charge >= 0.3 is 0 Å². The minimum Gasteiger partial charge on any atom is -0.342 e. The number of carbonyl (C=O) groups excluding carboxylic acids is 2. The molecule has 1 aliphatic carbocycles. The number of nitrogens with zero attached hydrogens (tertiary/aromatic N) is 2. The first-order valence-electron chi connectivity index (χ1n) is 11.8. The van der Waals surface area contributed by atoms with Gasteiger partial charge in [0, 0.05) is 38.0 Å². The molecule has 1 saturated carbocycles. The second-order valence-electron chi connectivity index (χ2n) is 9.31. The van der Waals surface area contributed by atoms with Crippen molar-refractivity contribution in [2.45, 2.75) is 64.2 Å². The summed E-state index contributed by atoms with van der Waals surface area (Å²) in [6.45, 7) is 3.45. The highest BCUT2D eigenvalue weighted by Gasteiger charge is 2.37. The Labute approximate surface area is 175 Å². The largest absolute Gasteiger partial charge is 0.342 e. The van der Waals surface area contributed by atoms with Gasteiger partial charge in [-0.3, -0.25) is 9.59 Å². The molecule has 0 bridgehead atoms. The Balaban J connectivity index is 1.31. The van der Waals surface area contributed by atoms with Gasteiger partial charge in [0.25, 0.3) is 0 Å². The van der Waals surface area contributed by atoms with Crippen LogP contribution < -0.4 is 0 Å². The average Bonchev–Trinajstić information content (AvgIpc) is 3.24. The minimum atomic E-state index is 0.164. The number of benzene rings is 1. The highest BCUT2D eigenvalue weighted by molar-refractivity contribution is 5.80. The van der Waals surface area contributed by atoms with E-state index in [2.05, 4.69) is 34.1 Å². The van der Waals surface area contributed by atoms with Crippen molar-refractivity contribution in [2.75, 3.05) is 26.2 Å². The van der Waals surface area contributed by atoms with Gasteiger partial charge in [0.1, 0.15) is 0 Å². The van der Waals surface area contributed by atoms with E-state index in [1.165, 1.54) is 18.4 Å². The van der Waals surface area contributed by atoms with Crippen LogP contribution in [-0.4, -0.2) is 47.8 Å². The monoisotopic (exact) mass is 396 g/mol. The maximum absolute atomic E-state index is 13.3. The van der Waals surface area contributed by atoms with Crippen molar-refractivity contribution in [3.63, 3.8) is 0 Å². The molecule has 2 heterocycles. The van der Waals surface area contributed by atoms with E-state index in [0.717, 1.165) is 77.5 Å². The number of hydrogen-bond donors (Lipinski definition) is 0. The Morgan fingerprint density at radius 1 is 0.862 bits per heavy atom. The van der Waals surface area contributed by atoms with Crippen LogP contribution in [0.5, 0.6) is 0 Å². The van der Waals surface area contributed by atoms with Gasteiger partial charge in [-0.05, 0) is 56.4 Å². The molecule has 0 unspecified atom stereocenters. The van der Waals surface area contributed by atoms with Crippen LogP contribution in [0, 0.1) is 17.8 Å². The fourth-order valence-electron chi connectivity index (χ4n) is 5.66. The molecule has 0 N–H and O–H groups in total. The Morgan fingerprint density at radius 2 is 1.55 bits per heavy atom. The first-order valence-corrected chi connectivity index (χ1v) is 11.8. The van der Waals surface area contributed by atoms with Gasteiger partial charge in [-0.25, -0.2) is 0 Å². The van der Waals surface area contributed by atoms with Crippen molar-refractivity contribution >= 4 is 11.8 Å². The van der Waals surface area contributed by atoms with E-state index >= 15 is 0 Å². The molecular formula is C25H36N2O2. The standard InChI is InChI=1S/C25H36N2O2/c28-24(22-10-4-5-11-22)27-18-14-21(15-19-27)23-12-6-7-16-26(25(23)29)17-13-20-8-2-1-3-9-20/h1-3,8-9,21-23H,4-7,10-19H2/t23-/m0/s1. The van der Waals surface area contributed by atoms with Gasteiger partial charge in [-0.15, -0.1) is 0 Å². The van der Waals surface area contributed by atoms with Crippen LogP contribution in [0.1, 0.15) is 63.4 Å². The molecule has 2 saturated heterocycles. The fraction of sp³-hybridized carbons (Fsp3) is 0.680. The molecule has 1 aromatic carbocycles. The molecule has 3 fully saturated rings. The lowest BCUT2D eigenvalue weighted by Gasteiger charge is -2.37. The molecule has 29 heavy (non-hydrogen) atoms. The van der Waals surface area contributed by atoms with Crippen molar-refractivity contribution < 1.29 is 9.59 Å². The molecule has 3 aliphatic rings. The topological polar surface area (TPSA) is 40.6 Å². The highest BCUT2D eigenvalue weighted by atomic mass is 16.2. The van der Waals surface area contributed by atoms with Crippen molar-refractivity contribution in [3.8, 4) is 0 Å². The average molecular weight is 397 g/mol. The molecule has 4 nitrogen and oxygen atoms in total. The van der Waals surface area contributed by atoms with Gasteiger partial charge in [-0.1, -0.05) is 49.6 Å². The third kappa shape index (κ3) is 5.02. The smallest absolute Gasteiger partial charge is 0.225 e. The number of rotatable bonds is 5. The summed E-state index contributed by atoms with van der Waals surface area (Å²) in [6.07, 6.45) is 10.8. The Morgan fingerprint density at radius 3 is 2.28 bits per heavy atom. The lowest BCUT2D eigenvalue weighted by molar-refractivity contribution is -0.139. The van der Waals surface area contributed by atoms with Crippen molar-refractivity contribution in [1.82, 2.24) is 9.80 Å². The molecular weight excluding hydrogens is 360 g/mol. The zero-order valence-electron chi connectivity index (χ0n) is 17.7. The molecule has 0 spiro atoms. The zero-order valence-corrected chi connectivity index (χ0v) is 17.7. The number of likely N-dealkylation sites (tertiary alicyclic amines) is 2. The summed E-state index contributed by atoms with van der Waals surface area (Å²) < 4.78 is 0. The van der Waals surface area contributed by atoms with Crippen LogP contribution >= 0.6 is 0 Å². The quantitative estimate of drug-likeness (QED) is 0.745. The van der Waals surface area contributed by atoms with Crippen molar-refractivity contribution in [3.05, 3.63) is 35.9 Å². The summed E-state index contributed by atoms with van der Waals surface area (Å²) in [5.41, 5.74) is 1.31. The van der Waals surface area contributed by atoms with E-state index < -0.39 is 0 Å². The maximum atomic E-state index is 13.3. The van der Waals surface area contributed by atoms with Crippen molar-refractivity contribution in [1.29, 1.82) is 0 Å². The Hall–Kier alpha value is -1.84. The van der Waals surface area contributed by atoms with Crippen LogP contribution in [0.25, 0.3) is 0 Å². The SMILES string of the molecule is O=C(C1CCCC1)N1CCC([C@@H]2CCCCN(CCc3ccccc3)C2=O)CC1. The summed E-state index contributed by atoms with van der Waals surface area (Å²) >= 11 is 0. The summed E-state index contributed by atoms with van der Waals surface area (Å²) in [4.78, 5) is 30.3. The summed E-state index contributed by atoms with van der Waals surface area (Å²) in [5, 5.41) is 0. The van der Waals surface area contributed by atoms with Gasteiger partial charge < -0.3 is 9.80 Å². The van der Waals surface area contributed by atoms with Gasteiger partial charge in [0.15, 0.2) is 0 Å². The number of carbonyl (C=O) groups is 2. The third-order valence-corrected chi connectivity index (χ3v) is 7.46. The van der Waals surface area contributed by atoms with E-state index in [4.69, 9.17) is 0 Å². The van der Waals surface area contributed by atoms with Crippen LogP contribution in [0.3, 0.4) is 0 Å². The molecule has 0 aromatic heterocycles. The molecule has 4 rings (SSSR count). The zero-order chi connectivity index (χ0) is 20.1. The molecule has 2 amide bonds. The van der Waals surface area contributed by atoms with E-state index in [0.29, 0.717) is 17.7 Å². The van der Waals surface area contributed by atoms with E-state index in [1.807, 2.05) is 6.07 Å². The lowest BCUT2D eigenvalue weighted by atomic mass is 9.81. The highest BCUT2D eigenvalue weighted by Crippen LogP contribution is 2.34. The predicted octanol–water partition coefficient (Wildman–Crippen LogP) is 4.29. The second kappa shape index (κ2) is 9.77. The first kappa shape index (κ1) is 20.4. The van der Waals surface area contributed by atoms with Crippen LogP contribution in [0.15, 0.2) is 30.3 Å². The second-order valence-corrected chi connectivity index (χ2v) is 9.31. The molecule has 1 aromatic rings. The van der Waals surface area contributed by atoms with Crippen LogP contribution in [0.4, 0.5) is 0 Å². The van der Waals surface area contributed by atoms with Crippen LogP contribution in [-0.2, 0) is 16.0 Å². The Kier molecular flexibility index (Phi) is 6.89. The first-order chi connectivity index (χ1) is 14.2. The minimum absolute atomic E-state index is 0.164. The number of amides is 2. The summed E-state index contributed by atoms with van der Waals surface area (Å²) in [5.74, 6) is 1.65. The van der Waals surface area contributed by atoms with Gasteiger partial charge in [0.05, 0.1) is 0 Å². The van der Waals surface area contributed by atoms with E-state index in [9.17, 15) is 9.59 Å². The molecule has 2 aliphatic heterocycles. The molecule has 1 atom stereocenters. The molecule has 4 heteroatoms. The van der Waals surface area contributed by atoms with Gasteiger partial charge in [-0.2, -0.15) is 0 Å². The normalized spacial score (nSPS) is 24.7. The predicted molar refractivity (Wildman–Crippen MR) is 115 cm³/mol. The third-order valence-electron chi connectivity index (χ3n) is 7.46. The number of hydrogen-bond acceptors (Lipinski definition) is 2. The number of piperidine rings is 1. The summed E-state index contributed by atoms with van der Waals surface area (Å²) in [6, 6.07) is 10.5. The molecule has 158 valence electrons. The maximum Gasteiger partial charge on any atom is 0.225 e. The van der Waals surface area contributed by atoms with E-state index in [1.54, 1.807) is 0 Å².